The summed E-state index contributed by atoms with van der Waals surface area (Å²) >= 11 is 0. The van der Waals surface area contributed by atoms with Gasteiger partial charge in [0.2, 0.25) is 12.3 Å². The van der Waals surface area contributed by atoms with Gasteiger partial charge in [0.1, 0.15) is 0 Å². The molecule has 7 nitrogen and oxygen atoms in total. The third-order valence-corrected chi connectivity index (χ3v) is 6.87. The first-order chi connectivity index (χ1) is 14.1. The monoisotopic (exact) mass is 398 g/mol. The number of nitriles is 1. The normalized spacial score (nSPS) is 29.1. The predicted octanol–water partition coefficient (Wildman–Crippen LogP) is 2.01. The molecule has 1 saturated carbocycles. The zero-order chi connectivity index (χ0) is 20.4. The maximum absolute atomic E-state index is 12.9. The van der Waals surface area contributed by atoms with E-state index in [1.54, 1.807) is 6.07 Å². The van der Waals surface area contributed by atoms with Crippen molar-refractivity contribution in [3.63, 3.8) is 0 Å². The smallest absolute Gasteiger partial charge is 0.235 e. The second kappa shape index (κ2) is 8.41. The topological polar surface area (TPSA) is 88.8 Å². The van der Waals surface area contributed by atoms with Gasteiger partial charge in [-0.15, -0.1) is 0 Å². The average molecular weight is 399 g/mol. The molecule has 2 heterocycles. The zero-order valence-corrected chi connectivity index (χ0v) is 17.1. The van der Waals surface area contributed by atoms with Crippen LogP contribution in [0.3, 0.4) is 0 Å². The number of nitrogens with zero attached hydrogens (tertiary/aromatic N) is 3. The number of aliphatic hydroxyl groups excluding tert-OH is 1. The fraction of sp³-hybridized carbons (Fsp3) is 0.636. The Hall–Kier alpha value is -1.98. The Bertz CT molecular complexity index is 798. The minimum absolute atomic E-state index is 0.0860. The standard InChI is InChI=1S/C22H30N4O3/c1-2-29-21(28)26-11-3-10-25(12-13-26)17-6-8-22(9-7-17)18-14-16(15-23)4-5-19(18)24-20(22)27/h4-5,14,17,21,28H,2-3,6-13H2,1H3,(H,24,27). The van der Waals surface area contributed by atoms with Crippen LogP contribution in [-0.4, -0.2) is 66.1 Å². The highest BCUT2D eigenvalue weighted by Crippen LogP contribution is 2.48. The molecule has 2 fully saturated rings. The number of hydrogen-bond acceptors (Lipinski definition) is 6. The van der Waals surface area contributed by atoms with Crippen molar-refractivity contribution in [2.75, 3.05) is 38.1 Å². The van der Waals surface area contributed by atoms with Gasteiger partial charge in [0, 0.05) is 38.0 Å². The molecule has 3 aliphatic rings. The summed E-state index contributed by atoms with van der Waals surface area (Å²) in [4.78, 5) is 17.4. The molecule has 156 valence electrons. The van der Waals surface area contributed by atoms with Crippen LogP contribution in [0.4, 0.5) is 5.69 Å². The Morgan fingerprint density at radius 1 is 1.31 bits per heavy atom. The summed E-state index contributed by atoms with van der Waals surface area (Å²) < 4.78 is 5.34. The Labute approximate surface area is 172 Å². The second-order valence-corrected chi connectivity index (χ2v) is 8.35. The number of rotatable bonds is 4. The summed E-state index contributed by atoms with van der Waals surface area (Å²) in [5.74, 6) is 0.0860. The van der Waals surface area contributed by atoms with Crippen LogP contribution in [-0.2, 0) is 14.9 Å². The maximum atomic E-state index is 12.9. The lowest BCUT2D eigenvalue weighted by molar-refractivity contribution is -0.189. The van der Waals surface area contributed by atoms with Crippen molar-refractivity contribution in [1.82, 2.24) is 9.80 Å². The number of carbonyl (C=O) groups excluding carboxylic acids is 1. The summed E-state index contributed by atoms with van der Waals surface area (Å²) in [7, 11) is 0. The third kappa shape index (κ3) is 3.78. The van der Waals surface area contributed by atoms with E-state index in [2.05, 4.69) is 16.3 Å². The van der Waals surface area contributed by atoms with Crippen LogP contribution >= 0.6 is 0 Å². The van der Waals surface area contributed by atoms with Crippen molar-refractivity contribution in [2.45, 2.75) is 56.9 Å². The Morgan fingerprint density at radius 3 is 2.83 bits per heavy atom. The minimum atomic E-state index is -0.817. The first-order valence-electron chi connectivity index (χ1n) is 10.7. The molecule has 1 aromatic carbocycles. The van der Waals surface area contributed by atoms with E-state index >= 15 is 0 Å². The van der Waals surface area contributed by atoms with Gasteiger partial charge in [0.15, 0.2) is 0 Å². The summed E-state index contributed by atoms with van der Waals surface area (Å²) in [6, 6.07) is 8.18. The van der Waals surface area contributed by atoms with E-state index in [0.717, 1.165) is 69.5 Å². The average Bonchev–Trinajstić information content (AvgIpc) is 2.90. The number of carbonyl (C=O) groups is 1. The molecule has 1 saturated heterocycles. The number of anilines is 1. The maximum Gasteiger partial charge on any atom is 0.235 e. The van der Waals surface area contributed by atoms with Crippen molar-refractivity contribution in [1.29, 1.82) is 5.26 Å². The van der Waals surface area contributed by atoms with Crippen molar-refractivity contribution >= 4 is 11.6 Å². The van der Waals surface area contributed by atoms with Crippen LogP contribution in [0.5, 0.6) is 0 Å². The number of ether oxygens (including phenoxy) is 1. The van der Waals surface area contributed by atoms with E-state index in [1.807, 2.05) is 24.0 Å². The van der Waals surface area contributed by atoms with E-state index in [-0.39, 0.29) is 5.91 Å². The fourth-order valence-corrected chi connectivity index (χ4v) is 5.24. The quantitative estimate of drug-likeness (QED) is 0.755. The summed E-state index contributed by atoms with van der Waals surface area (Å²) in [5.41, 5.74) is 1.99. The van der Waals surface area contributed by atoms with Crippen LogP contribution < -0.4 is 5.32 Å². The fourth-order valence-electron chi connectivity index (χ4n) is 5.24. The number of amides is 1. The van der Waals surface area contributed by atoms with Gasteiger partial charge in [0.25, 0.3) is 0 Å². The van der Waals surface area contributed by atoms with Gasteiger partial charge in [-0.1, -0.05) is 0 Å². The molecule has 1 unspecified atom stereocenters. The molecule has 0 radical (unpaired) electrons. The van der Waals surface area contributed by atoms with Gasteiger partial charge in [-0.25, -0.2) is 0 Å². The first kappa shape index (κ1) is 20.3. The van der Waals surface area contributed by atoms with Gasteiger partial charge in [-0.3, -0.25) is 14.6 Å². The van der Waals surface area contributed by atoms with Crippen LogP contribution in [0.1, 0.15) is 50.2 Å². The lowest BCUT2D eigenvalue weighted by atomic mass is 9.68. The number of benzene rings is 1. The molecule has 1 aliphatic carbocycles. The number of fused-ring (bicyclic) bond motifs is 2. The molecule has 2 N–H and O–H groups in total. The third-order valence-electron chi connectivity index (χ3n) is 6.87. The van der Waals surface area contributed by atoms with Gasteiger partial charge >= 0.3 is 0 Å². The molecule has 2 aliphatic heterocycles. The van der Waals surface area contributed by atoms with Crippen LogP contribution in [0.2, 0.25) is 0 Å². The summed E-state index contributed by atoms with van der Waals surface area (Å²) in [5, 5.41) is 22.4. The molecule has 1 amide bonds. The largest absolute Gasteiger partial charge is 0.356 e. The molecule has 29 heavy (non-hydrogen) atoms. The minimum Gasteiger partial charge on any atom is -0.356 e. The van der Waals surface area contributed by atoms with Crippen molar-refractivity contribution in [3.8, 4) is 6.07 Å². The van der Waals surface area contributed by atoms with Crippen molar-refractivity contribution in [3.05, 3.63) is 29.3 Å². The molecule has 4 rings (SSSR count). The van der Waals surface area contributed by atoms with Gasteiger partial charge in [-0.2, -0.15) is 5.26 Å². The molecule has 1 atom stereocenters. The van der Waals surface area contributed by atoms with Crippen molar-refractivity contribution < 1.29 is 14.6 Å². The van der Waals surface area contributed by atoms with E-state index in [4.69, 9.17) is 4.74 Å². The lowest BCUT2D eigenvalue weighted by Gasteiger charge is -2.40. The van der Waals surface area contributed by atoms with Gasteiger partial charge in [-0.05, 0) is 69.3 Å². The van der Waals surface area contributed by atoms with E-state index in [1.165, 1.54) is 0 Å². The van der Waals surface area contributed by atoms with Gasteiger partial charge in [0.05, 0.1) is 17.0 Å². The summed E-state index contributed by atoms with van der Waals surface area (Å²) in [6.45, 7) is 5.93. The van der Waals surface area contributed by atoms with E-state index < -0.39 is 11.8 Å². The SMILES string of the molecule is CCOC(O)N1CCCN(C2CCC3(CC2)C(=O)Nc2ccc(C#N)cc23)CC1. The number of hydrogen-bond donors (Lipinski definition) is 2. The lowest BCUT2D eigenvalue weighted by Crippen LogP contribution is -2.46. The Morgan fingerprint density at radius 2 is 2.10 bits per heavy atom. The number of aliphatic hydroxyl groups is 1. The van der Waals surface area contributed by atoms with E-state index in [9.17, 15) is 15.2 Å². The molecule has 0 aromatic heterocycles. The van der Waals surface area contributed by atoms with Gasteiger partial charge < -0.3 is 15.2 Å². The second-order valence-electron chi connectivity index (χ2n) is 8.35. The Kier molecular flexibility index (Phi) is 5.88. The van der Waals surface area contributed by atoms with Crippen LogP contribution in [0.25, 0.3) is 0 Å². The van der Waals surface area contributed by atoms with Crippen molar-refractivity contribution in [2.24, 2.45) is 0 Å². The summed E-state index contributed by atoms with van der Waals surface area (Å²) in [6.07, 6.45) is 3.75. The molecule has 1 aromatic rings. The van der Waals surface area contributed by atoms with E-state index in [0.29, 0.717) is 18.2 Å². The Balaban J connectivity index is 1.42. The molecular formula is C22H30N4O3. The van der Waals surface area contributed by atoms with Crippen LogP contribution in [0, 0.1) is 11.3 Å². The molecular weight excluding hydrogens is 368 g/mol. The highest BCUT2D eigenvalue weighted by atomic mass is 16.6. The highest BCUT2D eigenvalue weighted by Gasteiger charge is 2.49. The predicted molar refractivity (Wildman–Crippen MR) is 109 cm³/mol. The zero-order valence-electron chi connectivity index (χ0n) is 17.1. The van der Waals surface area contributed by atoms with Crippen LogP contribution in [0.15, 0.2) is 18.2 Å². The highest BCUT2D eigenvalue weighted by molar-refractivity contribution is 6.06. The molecule has 1 spiro atoms. The first-order valence-corrected chi connectivity index (χ1v) is 10.7. The molecule has 0 bridgehead atoms. The number of nitrogens with one attached hydrogen (secondary N) is 1. The molecule has 7 heteroatoms.